The Morgan fingerprint density at radius 2 is 1.94 bits per heavy atom. The average Bonchev–Trinajstić information content (AvgIpc) is 2.93. The Bertz CT molecular complexity index is 395. The van der Waals surface area contributed by atoms with Crippen LogP contribution >= 0.6 is 0 Å². The number of methoxy groups -OCH3 is 2. The van der Waals surface area contributed by atoms with Crippen molar-refractivity contribution in [3.63, 3.8) is 0 Å². The number of nitrogens with zero attached hydrogens (tertiary/aromatic N) is 3. The number of hydrogen-bond acceptors (Lipinski definition) is 7. The van der Waals surface area contributed by atoms with Crippen molar-refractivity contribution >= 4 is 11.7 Å². The molecule has 2 N–H and O–H groups in total. The van der Waals surface area contributed by atoms with Gasteiger partial charge < -0.3 is 20.1 Å². The number of nitrogen functional groups attached to an aromatic ring is 1. The second-order valence-electron chi connectivity index (χ2n) is 3.76. The number of anilines is 1. The number of rotatable bonds is 3. The van der Waals surface area contributed by atoms with Gasteiger partial charge in [0.1, 0.15) is 12.2 Å². The van der Waals surface area contributed by atoms with Crippen LogP contribution in [-0.2, 0) is 9.47 Å². The van der Waals surface area contributed by atoms with E-state index in [1.165, 1.54) is 0 Å². The highest BCUT2D eigenvalue weighted by Crippen LogP contribution is 2.19. The van der Waals surface area contributed by atoms with Gasteiger partial charge in [-0.15, -0.1) is 0 Å². The lowest BCUT2D eigenvalue weighted by atomic mass is 10.3. The average molecular weight is 242 g/mol. The Labute approximate surface area is 97.6 Å². The molecule has 2 unspecified atom stereocenters. The van der Waals surface area contributed by atoms with E-state index in [0.717, 1.165) is 0 Å². The van der Waals surface area contributed by atoms with Gasteiger partial charge in [-0.25, -0.2) is 4.63 Å². The predicted molar refractivity (Wildman–Crippen MR) is 56.2 cm³/mol. The molecular formula is C9H14N4O4. The van der Waals surface area contributed by atoms with Gasteiger partial charge in [0.05, 0.1) is 0 Å². The highest BCUT2D eigenvalue weighted by molar-refractivity contribution is 5.96. The Hall–Kier alpha value is -1.67. The summed E-state index contributed by atoms with van der Waals surface area (Å²) >= 11 is 0. The van der Waals surface area contributed by atoms with Crippen molar-refractivity contribution in [1.29, 1.82) is 0 Å². The van der Waals surface area contributed by atoms with Crippen molar-refractivity contribution in [1.82, 2.24) is 15.2 Å². The standard InChI is InChI=1S/C9H14N4O4/c1-15-5-3-13(4-6(5)16-2)9(14)7-8(10)12-17-11-7/h5-6H,3-4H2,1-2H3,(H2,10,12). The molecule has 8 heteroatoms. The first-order chi connectivity index (χ1) is 8.17. The van der Waals surface area contributed by atoms with Gasteiger partial charge >= 0.3 is 0 Å². The first kappa shape index (κ1) is 11.8. The topological polar surface area (TPSA) is 104 Å². The molecule has 1 aromatic rings. The van der Waals surface area contributed by atoms with Crippen LogP contribution in [0.25, 0.3) is 0 Å². The summed E-state index contributed by atoms with van der Waals surface area (Å²) in [5.41, 5.74) is 5.49. The maximum atomic E-state index is 12.0. The summed E-state index contributed by atoms with van der Waals surface area (Å²) in [5.74, 6) is -0.338. The second-order valence-corrected chi connectivity index (χ2v) is 3.76. The first-order valence-corrected chi connectivity index (χ1v) is 5.10. The Morgan fingerprint density at radius 1 is 1.35 bits per heavy atom. The van der Waals surface area contributed by atoms with E-state index >= 15 is 0 Å². The maximum Gasteiger partial charge on any atom is 0.280 e. The van der Waals surface area contributed by atoms with E-state index in [2.05, 4.69) is 14.9 Å². The normalized spacial score (nSPS) is 24.2. The molecule has 94 valence electrons. The largest absolute Gasteiger partial charge is 0.379 e. The number of nitrogens with two attached hydrogens (primary N) is 1. The van der Waals surface area contributed by atoms with Crippen molar-refractivity contribution in [2.45, 2.75) is 12.2 Å². The van der Waals surface area contributed by atoms with Gasteiger partial charge in [-0.2, -0.15) is 0 Å². The van der Waals surface area contributed by atoms with Crippen LogP contribution in [0.4, 0.5) is 5.82 Å². The fourth-order valence-corrected chi connectivity index (χ4v) is 1.86. The number of carbonyl (C=O) groups excluding carboxylic acids is 1. The lowest BCUT2D eigenvalue weighted by Gasteiger charge is -2.13. The molecule has 2 rings (SSSR count). The van der Waals surface area contributed by atoms with E-state index < -0.39 is 0 Å². The molecule has 0 aromatic carbocycles. The van der Waals surface area contributed by atoms with Gasteiger partial charge in [0.25, 0.3) is 5.91 Å². The van der Waals surface area contributed by atoms with E-state index in [1.54, 1.807) is 19.1 Å². The molecule has 1 aliphatic rings. The van der Waals surface area contributed by atoms with Gasteiger partial charge in [0.15, 0.2) is 0 Å². The number of aromatic nitrogens is 2. The van der Waals surface area contributed by atoms with Crippen molar-refractivity contribution in [3.05, 3.63) is 5.69 Å². The molecule has 0 aliphatic carbocycles. The summed E-state index contributed by atoms with van der Waals surface area (Å²) < 4.78 is 14.9. The van der Waals surface area contributed by atoms with Crippen LogP contribution in [0.2, 0.25) is 0 Å². The van der Waals surface area contributed by atoms with Crippen molar-refractivity contribution in [2.24, 2.45) is 0 Å². The lowest BCUT2D eigenvalue weighted by molar-refractivity contribution is -0.00461. The Kier molecular flexibility index (Phi) is 3.25. The summed E-state index contributed by atoms with van der Waals surface area (Å²) in [5, 5.41) is 6.85. The van der Waals surface area contributed by atoms with Crippen LogP contribution in [0.3, 0.4) is 0 Å². The van der Waals surface area contributed by atoms with Crippen LogP contribution in [0, 0.1) is 0 Å². The zero-order valence-corrected chi connectivity index (χ0v) is 9.62. The van der Waals surface area contributed by atoms with Crippen LogP contribution in [0.1, 0.15) is 10.5 Å². The van der Waals surface area contributed by atoms with E-state index in [9.17, 15) is 4.79 Å². The highest BCUT2D eigenvalue weighted by Gasteiger charge is 2.37. The van der Waals surface area contributed by atoms with Crippen molar-refractivity contribution in [2.75, 3.05) is 33.0 Å². The van der Waals surface area contributed by atoms with Gasteiger partial charge in [-0.3, -0.25) is 4.79 Å². The molecule has 8 nitrogen and oxygen atoms in total. The highest BCUT2D eigenvalue weighted by atomic mass is 16.6. The van der Waals surface area contributed by atoms with E-state index in [1.807, 2.05) is 0 Å². The predicted octanol–water partition coefficient (Wildman–Crippen LogP) is -0.862. The smallest absolute Gasteiger partial charge is 0.280 e. The molecule has 0 saturated carbocycles. The number of hydrogen-bond donors (Lipinski definition) is 1. The Balaban J connectivity index is 2.10. The first-order valence-electron chi connectivity index (χ1n) is 5.10. The molecule has 1 aliphatic heterocycles. The molecule has 0 bridgehead atoms. The third kappa shape index (κ3) is 2.08. The molecule has 1 amide bonds. The summed E-state index contributed by atoms with van der Waals surface area (Å²) in [4.78, 5) is 13.6. The maximum absolute atomic E-state index is 12.0. The summed E-state index contributed by atoms with van der Waals surface area (Å²) in [6.07, 6.45) is -0.296. The number of ether oxygens (including phenoxy) is 2. The van der Waals surface area contributed by atoms with E-state index in [4.69, 9.17) is 15.2 Å². The van der Waals surface area contributed by atoms with Gasteiger partial charge in [0.2, 0.25) is 11.5 Å². The zero-order valence-electron chi connectivity index (χ0n) is 9.62. The van der Waals surface area contributed by atoms with E-state index in [0.29, 0.717) is 13.1 Å². The third-order valence-corrected chi connectivity index (χ3v) is 2.82. The number of carbonyl (C=O) groups is 1. The molecular weight excluding hydrogens is 228 g/mol. The summed E-state index contributed by atoms with van der Waals surface area (Å²) in [7, 11) is 3.16. The molecule has 17 heavy (non-hydrogen) atoms. The van der Waals surface area contributed by atoms with Crippen LogP contribution in [0.15, 0.2) is 4.63 Å². The minimum Gasteiger partial charge on any atom is -0.379 e. The molecule has 1 fully saturated rings. The summed E-state index contributed by atoms with van der Waals surface area (Å²) in [6.45, 7) is 0.861. The summed E-state index contributed by atoms with van der Waals surface area (Å²) in [6, 6.07) is 0. The molecule has 1 aromatic heterocycles. The van der Waals surface area contributed by atoms with Crippen LogP contribution in [0.5, 0.6) is 0 Å². The number of amides is 1. The SMILES string of the molecule is COC1CN(C(=O)c2nonc2N)CC1OC. The molecule has 0 radical (unpaired) electrons. The minimum atomic E-state index is -0.328. The van der Waals surface area contributed by atoms with Crippen molar-refractivity contribution in [3.8, 4) is 0 Å². The third-order valence-electron chi connectivity index (χ3n) is 2.82. The van der Waals surface area contributed by atoms with Gasteiger partial charge in [0, 0.05) is 27.3 Å². The quantitative estimate of drug-likeness (QED) is 0.735. The molecule has 0 spiro atoms. The molecule has 1 saturated heterocycles. The van der Waals surface area contributed by atoms with Gasteiger partial charge in [-0.05, 0) is 10.3 Å². The monoisotopic (exact) mass is 242 g/mol. The second kappa shape index (κ2) is 4.68. The fraction of sp³-hybridized carbons (Fsp3) is 0.667. The van der Waals surface area contributed by atoms with E-state index in [-0.39, 0.29) is 29.6 Å². The Morgan fingerprint density at radius 3 is 2.35 bits per heavy atom. The van der Waals surface area contributed by atoms with Gasteiger partial charge in [-0.1, -0.05) is 0 Å². The zero-order chi connectivity index (χ0) is 12.4. The van der Waals surface area contributed by atoms with Crippen LogP contribution in [-0.4, -0.2) is 60.6 Å². The molecule has 2 heterocycles. The van der Waals surface area contributed by atoms with Crippen molar-refractivity contribution < 1.29 is 18.9 Å². The fourth-order valence-electron chi connectivity index (χ4n) is 1.86. The minimum absolute atomic E-state index is 0.00941. The van der Waals surface area contributed by atoms with Crippen LogP contribution < -0.4 is 5.73 Å². The lowest BCUT2D eigenvalue weighted by Crippen LogP contribution is -2.30. The number of likely N-dealkylation sites (tertiary alicyclic amines) is 1. The molecule has 2 atom stereocenters.